The summed E-state index contributed by atoms with van der Waals surface area (Å²) in [6.45, 7) is 6.71. The van der Waals surface area contributed by atoms with E-state index >= 15 is 0 Å². The van der Waals surface area contributed by atoms with Gasteiger partial charge in [-0.3, -0.25) is 0 Å². The molecule has 0 radical (unpaired) electrons. The zero-order valence-electron chi connectivity index (χ0n) is 9.28. The maximum absolute atomic E-state index is 5.71. The van der Waals surface area contributed by atoms with Crippen molar-refractivity contribution in [3.63, 3.8) is 0 Å². The van der Waals surface area contributed by atoms with Crippen molar-refractivity contribution in [2.24, 2.45) is 0 Å². The van der Waals surface area contributed by atoms with Crippen molar-refractivity contribution in [1.82, 2.24) is 15.0 Å². The molecule has 0 bridgehead atoms. The summed E-state index contributed by atoms with van der Waals surface area (Å²) >= 11 is 11.4. The molecule has 0 spiro atoms. The molecule has 0 unspecified atom stereocenters. The van der Waals surface area contributed by atoms with E-state index in [1.807, 2.05) is 18.7 Å². The first-order chi connectivity index (χ1) is 7.67. The Morgan fingerprint density at radius 3 is 2.25 bits per heavy atom. The third-order valence-electron chi connectivity index (χ3n) is 1.94. The van der Waals surface area contributed by atoms with Crippen LogP contribution in [0.4, 0.5) is 5.95 Å². The smallest absolute Gasteiger partial charge is 0.231 e. The predicted molar refractivity (Wildman–Crippen MR) is 64.2 cm³/mol. The molecule has 1 heterocycles. The predicted octanol–water partition coefficient (Wildman–Crippen LogP) is 2.04. The van der Waals surface area contributed by atoms with Gasteiger partial charge in [-0.2, -0.15) is 15.0 Å². The van der Waals surface area contributed by atoms with Gasteiger partial charge in [-0.15, -0.1) is 0 Å². The molecule has 0 fully saturated rings. The van der Waals surface area contributed by atoms with Crippen LogP contribution in [0, 0.1) is 0 Å². The van der Waals surface area contributed by atoms with Crippen molar-refractivity contribution in [3.8, 4) is 0 Å². The van der Waals surface area contributed by atoms with E-state index in [4.69, 9.17) is 27.9 Å². The van der Waals surface area contributed by atoms with Crippen LogP contribution in [0.2, 0.25) is 10.6 Å². The third kappa shape index (κ3) is 4.08. The molecule has 1 aromatic heterocycles. The third-order valence-corrected chi connectivity index (χ3v) is 2.28. The quantitative estimate of drug-likeness (QED) is 0.737. The second kappa shape index (κ2) is 6.83. The Hall–Kier alpha value is -0.650. The maximum Gasteiger partial charge on any atom is 0.231 e. The van der Waals surface area contributed by atoms with E-state index in [2.05, 4.69) is 15.0 Å². The monoisotopic (exact) mass is 264 g/mol. The molecule has 1 aromatic rings. The average Bonchev–Trinajstić information content (AvgIpc) is 2.23. The zero-order valence-corrected chi connectivity index (χ0v) is 10.8. The number of nitrogens with zero attached hydrogens (tertiary/aromatic N) is 4. The number of aromatic nitrogens is 3. The Morgan fingerprint density at radius 1 is 1.12 bits per heavy atom. The van der Waals surface area contributed by atoms with Gasteiger partial charge in [0.1, 0.15) is 0 Å². The Bertz CT molecular complexity index is 317. The minimum absolute atomic E-state index is 0.102. The standard InChI is InChI=1S/C9H14Cl2N4O/c1-3-15(5-6-16-4-2)9-13-7(10)12-8(11)14-9/h3-6H2,1-2H3. The van der Waals surface area contributed by atoms with Gasteiger partial charge in [0, 0.05) is 19.7 Å². The van der Waals surface area contributed by atoms with Gasteiger partial charge in [-0.05, 0) is 37.0 Å². The van der Waals surface area contributed by atoms with Crippen LogP contribution >= 0.6 is 23.2 Å². The van der Waals surface area contributed by atoms with E-state index in [-0.39, 0.29) is 10.6 Å². The lowest BCUT2D eigenvalue weighted by atomic mass is 10.5. The molecular weight excluding hydrogens is 251 g/mol. The number of anilines is 1. The van der Waals surface area contributed by atoms with E-state index in [1.54, 1.807) is 0 Å². The van der Waals surface area contributed by atoms with Gasteiger partial charge >= 0.3 is 0 Å². The molecule has 0 aliphatic rings. The van der Waals surface area contributed by atoms with Gasteiger partial charge in [0.25, 0.3) is 0 Å². The SMILES string of the molecule is CCOCCN(CC)c1nc(Cl)nc(Cl)n1. The van der Waals surface area contributed by atoms with Gasteiger partial charge < -0.3 is 9.64 Å². The first-order valence-corrected chi connectivity index (χ1v) is 5.82. The molecule has 0 atom stereocenters. The van der Waals surface area contributed by atoms with Gasteiger partial charge in [0.2, 0.25) is 16.5 Å². The van der Waals surface area contributed by atoms with Crippen molar-refractivity contribution in [3.05, 3.63) is 10.6 Å². The molecule has 0 aliphatic carbocycles. The Balaban J connectivity index is 2.70. The van der Waals surface area contributed by atoms with Crippen LogP contribution in [0.3, 0.4) is 0 Å². The fourth-order valence-corrected chi connectivity index (χ4v) is 1.53. The maximum atomic E-state index is 5.71. The molecule has 90 valence electrons. The van der Waals surface area contributed by atoms with Gasteiger partial charge in [-0.25, -0.2) is 0 Å². The van der Waals surface area contributed by atoms with E-state index in [0.717, 1.165) is 6.54 Å². The summed E-state index contributed by atoms with van der Waals surface area (Å²) in [5.74, 6) is 0.479. The number of ether oxygens (including phenoxy) is 1. The van der Waals surface area contributed by atoms with Crippen LogP contribution in [-0.4, -0.2) is 41.3 Å². The molecular formula is C9H14Cl2N4O. The fraction of sp³-hybridized carbons (Fsp3) is 0.667. The van der Waals surface area contributed by atoms with Crippen molar-refractivity contribution in [2.75, 3.05) is 31.2 Å². The summed E-state index contributed by atoms with van der Waals surface area (Å²) in [7, 11) is 0. The highest BCUT2D eigenvalue weighted by Gasteiger charge is 2.10. The van der Waals surface area contributed by atoms with Crippen molar-refractivity contribution >= 4 is 29.2 Å². The Kier molecular flexibility index (Phi) is 5.73. The van der Waals surface area contributed by atoms with Crippen molar-refractivity contribution < 1.29 is 4.74 Å². The largest absolute Gasteiger partial charge is 0.380 e. The molecule has 7 heteroatoms. The van der Waals surface area contributed by atoms with Crippen LogP contribution in [-0.2, 0) is 4.74 Å². The number of rotatable bonds is 6. The van der Waals surface area contributed by atoms with Crippen molar-refractivity contribution in [1.29, 1.82) is 0 Å². The fourth-order valence-electron chi connectivity index (χ4n) is 1.18. The number of halogens is 2. The lowest BCUT2D eigenvalue weighted by Gasteiger charge is -2.20. The molecule has 0 saturated heterocycles. The Labute approximate surface area is 105 Å². The molecule has 16 heavy (non-hydrogen) atoms. The summed E-state index contributed by atoms with van der Waals surface area (Å²) in [5, 5.41) is 0.203. The molecule has 0 amide bonds. The first kappa shape index (κ1) is 13.4. The van der Waals surface area contributed by atoms with Crippen LogP contribution in [0.5, 0.6) is 0 Å². The second-order valence-electron chi connectivity index (χ2n) is 2.95. The number of likely N-dealkylation sites (N-methyl/N-ethyl adjacent to an activating group) is 1. The van der Waals surface area contributed by atoms with E-state index < -0.39 is 0 Å². The highest BCUT2D eigenvalue weighted by molar-refractivity contribution is 6.31. The highest BCUT2D eigenvalue weighted by atomic mass is 35.5. The molecule has 1 rings (SSSR count). The van der Waals surface area contributed by atoms with E-state index in [0.29, 0.717) is 25.7 Å². The summed E-state index contributed by atoms with van der Waals surface area (Å²) in [6.07, 6.45) is 0. The minimum atomic E-state index is 0.102. The van der Waals surface area contributed by atoms with Crippen LogP contribution < -0.4 is 4.90 Å². The Morgan fingerprint density at radius 2 is 1.75 bits per heavy atom. The van der Waals surface area contributed by atoms with Gasteiger partial charge in [-0.1, -0.05) is 0 Å². The topological polar surface area (TPSA) is 51.1 Å². The summed E-state index contributed by atoms with van der Waals surface area (Å²) < 4.78 is 5.27. The minimum Gasteiger partial charge on any atom is -0.380 e. The normalized spacial score (nSPS) is 10.5. The molecule has 0 aromatic carbocycles. The second-order valence-corrected chi connectivity index (χ2v) is 3.63. The lowest BCUT2D eigenvalue weighted by molar-refractivity contribution is 0.153. The van der Waals surface area contributed by atoms with Gasteiger partial charge in [0.05, 0.1) is 6.61 Å². The van der Waals surface area contributed by atoms with Gasteiger partial charge in [0.15, 0.2) is 0 Å². The van der Waals surface area contributed by atoms with Crippen LogP contribution in [0.15, 0.2) is 0 Å². The van der Waals surface area contributed by atoms with Crippen LogP contribution in [0.25, 0.3) is 0 Å². The van der Waals surface area contributed by atoms with Crippen LogP contribution in [0.1, 0.15) is 13.8 Å². The van der Waals surface area contributed by atoms with Crippen molar-refractivity contribution in [2.45, 2.75) is 13.8 Å². The van der Waals surface area contributed by atoms with E-state index in [9.17, 15) is 0 Å². The van der Waals surface area contributed by atoms with E-state index in [1.165, 1.54) is 0 Å². The molecule has 0 aliphatic heterocycles. The lowest BCUT2D eigenvalue weighted by Crippen LogP contribution is -2.29. The number of hydrogen-bond acceptors (Lipinski definition) is 5. The highest BCUT2D eigenvalue weighted by Crippen LogP contribution is 2.13. The zero-order chi connectivity index (χ0) is 12.0. The summed E-state index contributed by atoms with van der Waals surface area (Å²) in [5.41, 5.74) is 0. The molecule has 5 nitrogen and oxygen atoms in total. The number of hydrogen-bond donors (Lipinski definition) is 0. The summed E-state index contributed by atoms with van der Waals surface area (Å²) in [6, 6.07) is 0. The molecule has 0 N–H and O–H groups in total. The summed E-state index contributed by atoms with van der Waals surface area (Å²) in [4.78, 5) is 13.6. The molecule has 0 saturated carbocycles. The average molecular weight is 265 g/mol. The first-order valence-electron chi connectivity index (χ1n) is 5.07.